The van der Waals surface area contributed by atoms with Gasteiger partial charge in [-0.3, -0.25) is 9.25 Å². The Labute approximate surface area is 80.6 Å². The average molecular weight is 221 g/mol. The van der Waals surface area contributed by atoms with Gasteiger partial charge in [-0.05, 0) is 6.42 Å². The van der Waals surface area contributed by atoms with Crippen molar-refractivity contribution in [3.8, 4) is 0 Å². The topological polar surface area (TPSA) is 108 Å². The van der Waals surface area contributed by atoms with Crippen molar-refractivity contribution in [3.63, 3.8) is 0 Å². The zero-order chi connectivity index (χ0) is 10.8. The van der Waals surface area contributed by atoms with Crippen molar-refractivity contribution in [2.24, 2.45) is 7.05 Å². The van der Waals surface area contributed by atoms with E-state index in [-0.39, 0.29) is 18.9 Å². The van der Waals surface area contributed by atoms with Crippen LogP contribution in [-0.4, -0.2) is 36.3 Å². The Morgan fingerprint density at radius 1 is 1.64 bits per heavy atom. The highest BCUT2D eigenvalue weighted by Crippen LogP contribution is 2.52. The third-order valence-corrected chi connectivity index (χ3v) is 3.15. The standard InChI is InChI=1S/C6H12N3O4P/c1-9-6(7-4-8-9)5(2-3-10)14(11,12)13/h4-5,10H,2-3H2,1H3,(H2,11,12,13). The van der Waals surface area contributed by atoms with Gasteiger partial charge in [0, 0.05) is 13.7 Å². The second-order valence-corrected chi connectivity index (χ2v) is 4.66. The molecule has 0 aromatic carbocycles. The summed E-state index contributed by atoms with van der Waals surface area (Å²) in [5.74, 6) is 0.187. The van der Waals surface area contributed by atoms with Crippen LogP contribution in [0, 0.1) is 0 Å². The molecule has 0 spiro atoms. The maximum Gasteiger partial charge on any atom is 0.336 e. The minimum atomic E-state index is -4.29. The molecule has 1 aromatic rings. The number of hydrogen-bond donors (Lipinski definition) is 3. The van der Waals surface area contributed by atoms with Crippen LogP contribution >= 0.6 is 7.60 Å². The number of hydrogen-bond acceptors (Lipinski definition) is 4. The van der Waals surface area contributed by atoms with E-state index >= 15 is 0 Å². The van der Waals surface area contributed by atoms with Crippen LogP contribution in [0.3, 0.4) is 0 Å². The highest BCUT2D eigenvalue weighted by atomic mass is 31.2. The molecule has 0 saturated heterocycles. The van der Waals surface area contributed by atoms with Gasteiger partial charge < -0.3 is 14.9 Å². The van der Waals surface area contributed by atoms with Gasteiger partial charge >= 0.3 is 7.60 Å². The van der Waals surface area contributed by atoms with E-state index in [1.165, 1.54) is 11.0 Å². The number of aryl methyl sites for hydroxylation is 1. The lowest BCUT2D eigenvalue weighted by molar-refractivity contribution is 0.271. The molecule has 1 aromatic heterocycles. The van der Waals surface area contributed by atoms with E-state index in [2.05, 4.69) is 10.1 Å². The largest absolute Gasteiger partial charge is 0.396 e. The van der Waals surface area contributed by atoms with Gasteiger partial charge in [-0.1, -0.05) is 0 Å². The van der Waals surface area contributed by atoms with Gasteiger partial charge in [0.25, 0.3) is 0 Å². The molecular weight excluding hydrogens is 209 g/mol. The highest BCUT2D eigenvalue weighted by molar-refractivity contribution is 7.52. The number of aliphatic hydroxyl groups is 1. The second-order valence-electron chi connectivity index (χ2n) is 2.86. The monoisotopic (exact) mass is 221 g/mol. The first-order valence-electron chi connectivity index (χ1n) is 3.96. The Hall–Kier alpha value is -0.750. The van der Waals surface area contributed by atoms with Gasteiger partial charge in [-0.15, -0.1) is 0 Å². The summed E-state index contributed by atoms with van der Waals surface area (Å²) >= 11 is 0. The van der Waals surface area contributed by atoms with E-state index in [0.29, 0.717) is 0 Å². The summed E-state index contributed by atoms with van der Waals surface area (Å²) in [6.07, 6.45) is 1.19. The van der Waals surface area contributed by atoms with Crippen molar-refractivity contribution >= 4 is 7.60 Å². The van der Waals surface area contributed by atoms with Crippen molar-refractivity contribution in [2.45, 2.75) is 12.1 Å². The molecule has 7 nitrogen and oxygen atoms in total. The molecular formula is C6H12N3O4P. The van der Waals surface area contributed by atoms with E-state index in [0.717, 1.165) is 0 Å². The molecule has 0 aliphatic carbocycles. The zero-order valence-electron chi connectivity index (χ0n) is 7.61. The minimum Gasteiger partial charge on any atom is -0.396 e. The lowest BCUT2D eigenvalue weighted by atomic mass is 10.3. The fourth-order valence-electron chi connectivity index (χ4n) is 1.18. The number of aromatic nitrogens is 3. The Morgan fingerprint density at radius 2 is 2.29 bits per heavy atom. The molecule has 0 bridgehead atoms. The number of aliphatic hydroxyl groups excluding tert-OH is 1. The van der Waals surface area contributed by atoms with Crippen molar-refractivity contribution in [1.29, 1.82) is 0 Å². The summed E-state index contributed by atoms with van der Waals surface area (Å²) in [7, 11) is -2.75. The molecule has 0 saturated carbocycles. The maximum atomic E-state index is 11.1. The van der Waals surface area contributed by atoms with Gasteiger partial charge in [-0.2, -0.15) is 5.10 Å². The molecule has 3 N–H and O–H groups in total. The fraction of sp³-hybridized carbons (Fsp3) is 0.667. The summed E-state index contributed by atoms with van der Waals surface area (Å²) in [6, 6.07) is 0. The second kappa shape index (κ2) is 4.18. The number of rotatable bonds is 4. The van der Waals surface area contributed by atoms with Gasteiger partial charge in [-0.25, -0.2) is 4.98 Å². The molecule has 0 amide bonds. The summed E-state index contributed by atoms with van der Waals surface area (Å²) < 4.78 is 12.4. The van der Waals surface area contributed by atoms with Crippen molar-refractivity contribution in [2.75, 3.05) is 6.61 Å². The molecule has 0 aliphatic rings. The Kier molecular flexibility index (Phi) is 3.38. The van der Waals surface area contributed by atoms with Crippen LogP contribution in [0.1, 0.15) is 17.9 Å². The SMILES string of the molecule is Cn1ncnc1C(CCO)P(=O)(O)O. The predicted octanol–water partition coefficient (Wildman–Crippen LogP) is -0.584. The lowest BCUT2D eigenvalue weighted by Gasteiger charge is -2.15. The molecule has 0 radical (unpaired) electrons. The van der Waals surface area contributed by atoms with E-state index in [1.807, 2.05) is 0 Å². The summed E-state index contributed by atoms with van der Waals surface area (Å²) in [4.78, 5) is 21.8. The third kappa shape index (κ3) is 2.39. The van der Waals surface area contributed by atoms with Gasteiger partial charge in [0.15, 0.2) is 0 Å². The van der Waals surface area contributed by atoms with Crippen LogP contribution in [0.2, 0.25) is 0 Å². The first kappa shape index (κ1) is 11.3. The van der Waals surface area contributed by atoms with E-state index in [9.17, 15) is 4.57 Å². The maximum absolute atomic E-state index is 11.1. The third-order valence-electron chi connectivity index (χ3n) is 1.85. The summed E-state index contributed by atoms with van der Waals surface area (Å²) in [6.45, 7) is -0.303. The van der Waals surface area contributed by atoms with E-state index in [4.69, 9.17) is 14.9 Å². The smallest absolute Gasteiger partial charge is 0.336 e. The van der Waals surface area contributed by atoms with Gasteiger partial charge in [0.05, 0.1) is 0 Å². The summed E-state index contributed by atoms with van der Waals surface area (Å²) in [5.41, 5.74) is -1.08. The fourth-order valence-corrected chi connectivity index (χ4v) is 2.16. The molecule has 80 valence electrons. The molecule has 1 heterocycles. The molecule has 1 atom stereocenters. The van der Waals surface area contributed by atoms with Crippen molar-refractivity contribution < 1.29 is 19.5 Å². The van der Waals surface area contributed by atoms with Crippen molar-refractivity contribution in [1.82, 2.24) is 14.8 Å². The first-order chi connectivity index (χ1) is 6.46. The Bertz CT molecular complexity index is 347. The van der Waals surface area contributed by atoms with Crippen molar-refractivity contribution in [3.05, 3.63) is 12.2 Å². The lowest BCUT2D eigenvalue weighted by Crippen LogP contribution is -2.09. The highest BCUT2D eigenvalue weighted by Gasteiger charge is 2.33. The molecule has 1 rings (SSSR count). The molecule has 1 unspecified atom stereocenters. The first-order valence-corrected chi connectivity index (χ1v) is 5.65. The van der Waals surface area contributed by atoms with Gasteiger partial charge in [0.1, 0.15) is 17.8 Å². The molecule has 14 heavy (non-hydrogen) atoms. The van der Waals surface area contributed by atoms with Crippen LogP contribution in [-0.2, 0) is 11.6 Å². The summed E-state index contributed by atoms with van der Waals surface area (Å²) in [5, 5.41) is 12.4. The van der Waals surface area contributed by atoms with Crippen LogP contribution < -0.4 is 0 Å². The Morgan fingerprint density at radius 3 is 2.64 bits per heavy atom. The average Bonchev–Trinajstić information content (AvgIpc) is 2.45. The minimum absolute atomic E-state index is 0.0309. The van der Waals surface area contributed by atoms with Crippen LogP contribution in [0.15, 0.2) is 6.33 Å². The van der Waals surface area contributed by atoms with Crippen LogP contribution in [0.25, 0.3) is 0 Å². The van der Waals surface area contributed by atoms with E-state index in [1.54, 1.807) is 7.05 Å². The molecule has 8 heteroatoms. The molecule has 0 fully saturated rings. The van der Waals surface area contributed by atoms with Crippen LogP contribution in [0.4, 0.5) is 0 Å². The zero-order valence-corrected chi connectivity index (χ0v) is 8.50. The predicted molar refractivity (Wildman–Crippen MR) is 47.5 cm³/mol. The van der Waals surface area contributed by atoms with Crippen LogP contribution in [0.5, 0.6) is 0 Å². The van der Waals surface area contributed by atoms with Gasteiger partial charge in [0.2, 0.25) is 0 Å². The molecule has 0 aliphatic heterocycles. The van der Waals surface area contributed by atoms with E-state index < -0.39 is 13.3 Å². The Balaban J connectivity index is 3.01. The number of nitrogens with zero attached hydrogens (tertiary/aromatic N) is 3. The quantitative estimate of drug-likeness (QED) is 0.587. The normalized spacial score (nSPS) is 14.3.